The molecular formula is C18H24N2O3. The number of hydrogen-bond acceptors (Lipinski definition) is 3. The molecule has 2 unspecified atom stereocenters. The molecule has 0 aliphatic rings. The lowest BCUT2D eigenvalue weighted by Crippen LogP contribution is -2.51. The molecule has 3 N–H and O–H groups in total. The first-order valence-corrected chi connectivity index (χ1v) is 7.86. The Hall–Kier alpha value is -2.27. The zero-order valence-electron chi connectivity index (χ0n) is 13.6. The Morgan fingerprint density at radius 2 is 2.00 bits per heavy atom. The van der Waals surface area contributed by atoms with E-state index >= 15 is 0 Å². The van der Waals surface area contributed by atoms with Crippen molar-refractivity contribution in [1.82, 2.24) is 10.6 Å². The number of hydrogen-bond donors (Lipinski definition) is 3. The average molecular weight is 316 g/mol. The van der Waals surface area contributed by atoms with Gasteiger partial charge in [-0.05, 0) is 37.5 Å². The van der Waals surface area contributed by atoms with Crippen molar-refractivity contribution in [3.63, 3.8) is 0 Å². The molecule has 1 aromatic carbocycles. The second-order valence-electron chi connectivity index (χ2n) is 5.85. The molecule has 0 bridgehead atoms. The van der Waals surface area contributed by atoms with E-state index in [-0.39, 0.29) is 18.7 Å². The van der Waals surface area contributed by atoms with Gasteiger partial charge in [-0.25, -0.2) is 4.79 Å². The van der Waals surface area contributed by atoms with E-state index < -0.39 is 5.54 Å². The quantitative estimate of drug-likeness (QED) is 0.734. The Kier molecular flexibility index (Phi) is 5.82. The molecule has 1 heterocycles. The molecule has 2 aromatic rings. The van der Waals surface area contributed by atoms with Gasteiger partial charge in [-0.1, -0.05) is 37.3 Å². The predicted octanol–water partition coefficient (Wildman–Crippen LogP) is 3.22. The van der Waals surface area contributed by atoms with Crippen LogP contribution in [0.4, 0.5) is 4.79 Å². The van der Waals surface area contributed by atoms with Crippen LogP contribution in [0, 0.1) is 0 Å². The first-order chi connectivity index (χ1) is 11.1. The number of rotatable bonds is 7. The topological polar surface area (TPSA) is 74.5 Å². The summed E-state index contributed by atoms with van der Waals surface area (Å²) in [7, 11) is 0. The van der Waals surface area contributed by atoms with E-state index in [0.29, 0.717) is 12.2 Å². The van der Waals surface area contributed by atoms with Crippen molar-refractivity contribution >= 4 is 6.03 Å². The van der Waals surface area contributed by atoms with Crippen molar-refractivity contribution in [1.29, 1.82) is 0 Å². The van der Waals surface area contributed by atoms with Crippen LogP contribution in [0.5, 0.6) is 0 Å². The lowest BCUT2D eigenvalue weighted by Gasteiger charge is -2.30. The van der Waals surface area contributed by atoms with E-state index in [1.807, 2.05) is 50.2 Å². The maximum atomic E-state index is 12.4. The van der Waals surface area contributed by atoms with Crippen LogP contribution in [0.3, 0.4) is 0 Å². The highest BCUT2D eigenvalue weighted by Crippen LogP contribution is 2.22. The summed E-state index contributed by atoms with van der Waals surface area (Å²) >= 11 is 0. The largest absolute Gasteiger partial charge is 0.467 e. The number of nitrogens with one attached hydrogen (secondary N) is 2. The van der Waals surface area contributed by atoms with Gasteiger partial charge in [0.2, 0.25) is 0 Å². The van der Waals surface area contributed by atoms with Crippen LogP contribution < -0.4 is 10.6 Å². The Morgan fingerprint density at radius 3 is 2.57 bits per heavy atom. The Labute approximate surface area is 136 Å². The molecular weight excluding hydrogens is 292 g/mol. The molecule has 23 heavy (non-hydrogen) atoms. The van der Waals surface area contributed by atoms with Gasteiger partial charge in [-0.2, -0.15) is 0 Å². The van der Waals surface area contributed by atoms with Gasteiger partial charge in [-0.3, -0.25) is 0 Å². The van der Waals surface area contributed by atoms with Gasteiger partial charge in [0, 0.05) is 12.1 Å². The first kappa shape index (κ1) is 17.1. The summed E-state index contributed by atoms with van der Waals surface area (Å²) in [6.07, 6.45) is 2.83. The molecule has 0 fully saturated rings. The third-order valence-corrected chi connectivity index (χ3v) is 4.10. The van der Waals surface area contributed by atoms with Crippen LogP contribution in [0.15, 0.2) is 53.1 Å². The van der Waals surface area contributed by atoms with Crippen LogP contribution in [-0.2, 0) is 0 Å². The number of aliphatic hydroxyl groups excluding tert-OH is 1. The monoisotopic (exact) mass is 316 g/mol. The molecule has 5 heteroatoms. The normalized spacial score (nSPS) is 14.7. The van der Waals surface area contributed by atoms with Gasteiger partial charge in [0.25, 0.3) is 0 Å². The smallest absolute Gasteiger partial charge is 0.316 e. The van der Waals surface area contributed by atoms with E-state index in [2.05, 4.69) is 10.6 Å². The SMILES string of the molecule is CCC(C)(CCO)NC(=O)NC(c1ccccc1)c1ccco1. The highest BCUT2D eigenvalue weighted by Gasteiger charge is 2.26. The number of urea groups is 1. The fourth-order valence-corrected chi connectivity index (χ4v) is 2.44. The molecule has 0 aliphatic carbocycles. The number of carbonyl (C=O) groups is 1. The molecule has 0 saturated carbocycles. The zero-order chi connectivity index (χ0) is 16.7. The maximum absolute atomic E-state index is 12.4. The van der Waals surface area contributed by atoms with Gasteiger partial charge < -0.3 is 20.2 Å². The second-order valence-corrected chi connectivity index (χ2v) is 5.85. The van der Waals surface area contributed by atoms with Crippen LogP contribution in [0.25, 0.3) is 0 Å². The van der Waals surface area contributed by atoms with Gasteiger partial charge in [0.05, 0.1) is 6.26 Å². The summed E-state index contributed by atoms with van der Waals surface area (Å²) in [6.45, 7) is 3.94. The van der Waals surface area contributed by atoms with Crippen LogP contribution in [0.1, 0.15) is 44.1 Å². The molecule has 124 valence electrons. The van der Waals surface area contributed by atoms with Gasteiger partial charge in [-0.15, -0.1) is 0 Å². The van der Waals surface area contributed by atoms with E-state index in [1.54, 1.807) is 12.3 Å². The highest BCUT2D eigenvalue weighted by molar-refractivity contribution is 5.75. The standard InChI is InChI=1S/C18H24N2O3/c1-3-18(2,11-12-21)20-17(22)19-16(15-10-7-13-23-15)14-8-5-4-6-9-14/h4-10,13,16,21H,3,11-12H2,1-2H3,(H2,19,20,22). The molecule has 5 nitrogen and oxygen atoms in total. The fourth-order valence-electron chi connectivity index (χ4n) is 2.44. The molecule has 2 rings (SSSR count). The minimum absolute atomic E-state index is 0.0327. The van der Waals surface area contributed by atoms with Crippen molar-refractivity contribution in [2.45, 2.75) is 38.3 Å². The molecule has 0 saturated heterocycles. The summed E-state index contributed by atoms with van der Waals surface area (Å²) < 4.78 is 5.47. The van der Waals surface area contributed by atoms with Crippen LogP contribution in [-0.4, -0.2) is 23.3 Å². The van der Waals surface area contributed by atoms with Crippen molar-refractivity contribution < 1.29 is 14.3 Å². The summed E-state index contributed by atoms with van der Waals surface area (Å²) in [5, 5.41) is 15.1. The molecule has 0 spiro atoms. The van der Waals surface area contributed by atoms with Crippen molar-refractivity contribution in [3.05, 3.63) is 60.1 Å². The third-order valence-electron chi connectivity index (χ3n) is 4.10. The van der Waals surface area contributed by atoms with E-state index in [9.17, 15) is 4.79 Å². The van der Waals surface area contributed by atoms with Gasteiger partial charge >= 0.3 is 6.03 Å². The summed E-state index contributed by atoms with van der Waals surface area (Å²) in [6, 6.07) is 12.7. The maximum Gasteiger partial charge on any atom is 0.316 e. The Bertz CT molecular complexity index is 598. The molecule has 1 aromatic heterocycles. The van der Waals surface area contributed by atoms with E-state index in [1.165, 1.54) is 0 Å². The third kappa shape index (κ3) is 4.60. The molecule has 0 aliphatic heterocycles. The average Bonchev–Trinajstić information content (AvgIpc) is 3.08. The van der Waals surface area contributed by atoms with Crippen LogP contribution >= 0.6 is 0 Å². The minimum atomic E-state index is -0.441. The number of aliphatic hydroxyl groups is 1. The number of furan rings is 1. The summed E-state index contributed by atoms with van der Waals surface area (Å²) in [5.41, 5.74) is 0.501. The van der Waals surface area contributed by atoms with E-state index in [0.717, 1.165) is 12.0 Å². The predicted molar refractivity (Wildman–Crippen MR) is 89.1 cm³/mol. The molecule has 2 amide bonds. The molecule has 0 radical (unpaired) electrons. The van der Waals surface area contributed by atoms with Gasteiger partial charge in [0.15, 0.2) is 0 Å². The minimum Gasteiger partial charge on any atom is -0.467 e. The Morgan fingerprint density at radius 1 is 1.26 bits per heavy atom. The second kappa shape index (κ2) is 7.83. The number of carbonyl (C=O) groups excluding carboxylic acids is 1. The lowest BCUT2D eigenvalue weighted by molar-refractivity contribution is 0.199. The summed E-state index contributed by atoms with van der Waals surface area (Å²) in [5.74, 6) is 0.673. The molecule has 2 atom stereocenters. The van der Waals surface area contributed by atoms with Gasteiger partial charge in [0.1, 0.15) is 11.8 Å². The fraction of sp³-hybridized carbons (Fsp3) is 0.389. The number of amides is 2. The van der Waals surface area contributed by atoms with Crippen molar-refractivity contribution in [2.24, 2.45) is 0 Å². The lowest BCUT2D eigenvalue weighted by atomic mass is 9.95. The van der Waals surface area contributed by atoms with Crippen molar-refractivity contribution in [2.75, 3.05) is 6.61 Å². The number of benzene rings is 1. The van der Waals surface area contributed by atoms with Crippen molar-refractivity contribution in [3.8, 4) is 0 Å². The highest BCUT2D eigenvalue weighted by atomic mass is 16.3. The zero-order valence-corrected chi connectivity index (χ0v) is 13.6. The summed E-state index contributed by atoms with van der Waals surface area (Å²) in [4.78, 5) is 12.4. The van der Waals surface area contributed by atoms with Crippen LogP contribution in [0.2, 0.25) is 0 Å². The Balaban J connectivity index is 2.14. The first-order valence-electron chi connectivity index (χ1n) is 7.86. The van der Waals surface area contributed by atoms with E-state index in [4.69, 9.17) is 9.52 Å².